The van der Waals surface area contributed by atoms with E-state index in [1.807, 2.05) is 0 Å². The van der Waals surface area contributed by atoms with Gasteiger partial charge in [0.25, 0.3) is 5.91 Å². The molecular weight excluding hydrogens is 391 g/mol. The quantitative estimate of drug-likeness (QED) is 0.691. The Kier molecular flexibility index (Phi) is 5.60. The van der Waals surface area contributed by atoms with E-state index in [0.717, 1.165) is 0 Å². The van der Waals surface area contributed by atoms with E-state index in [9.17, 15) is 14.0 Å². The van der Waals surface area contributed by atoms with Gasteiger partial charge in [-0.05, 0) is 56.2 Å². The summed E-state index contributed by atoms with van der Waals surface area (Å²) in [5.41, 5.74) is 0.681. The lowest BCUT2D eigenvalue weighted by molar-refractivity contribution is -0.134. The average molecular weight is 412 g/mol. The zero-order chi connectivity index (χ0) is 21.1. The second kappa shape index (κ2) is 8.48. The summed E-state index contributed by atoms with van der Waals surface area (Å²) < 4.78 is 23.5. The Morgan fingerprint density at radius 1 is 1.20 bits per heavy atom. The molecule has 0 aliphatic carbocycles. The molecule has 9 heteroatoms. The largest absolute Gasteiger partial charge is 0.459 e. The Bertz CT molecular complexity index is 1010. The number of likely N-dealkylation sites (tertiary alicyclic amines) is 1. The SMILES string of the molecule is CC(NC(=O)c1ccco1)C(=O)N1CCC(c2nc(-c3ccc(F)cc3)no2)CC1. The molecule has 1 aromatic carbocycles. The summed E-state index contributed by atoms with van der Waals surface area (Å²) in [7, 11) is 0. The van der Waals surface area contributed by atoms with Crippen molar-refractivity contribution in [3.8, 4) is 11.4 Å². The second-order valence-electron chi connectivity index (χ2n) is 7.24. The molecule has 1 atom stereocenters. The normalized spacial score (nSPS) is 15.7. The number of furan rings is 1. The smallest absolute Gasteiger partial charge is 0.287 e. The molecule has 0 radical (unpaired) electrons. The third-order valence-electron chi connectivity index (χ3n) is 5.16. The van der Waals surface area contributed by atoms with Crippen LogP contribution >= 0.6 is 0 Å². The van der Waals surface area contributed by atoms with Gasteiger partial charge in [0.2, 0.25) is 17.6 Å². The monoisotopic (exact) mass is 412 g/mol. The lowest BCUT2D eigenvalue weighted by Gasteiger charge is -2.32. The van der Waals surface area contributed by atoms with E-state index in [-0.39, 0.29) is 23.4 Å². The molecule has 0 bridgehead atoms. The van der Waals surface area contributed by atoms with Crippen LogP contribution in [0.2, 0.25) is 0 Å². The van der Waals surface area contributed by atoms with Crippen LogP contribution in [-0.2, 0) is 4.79 Å². The van der Waals surface area contributed by atoms with E-state index < -0.39 is 11.9 Å². The van der Waals surface area contributed by atoms with Crippen LogP contribution in [0.4, 0.5) is 4.39 Å². The Morgan fingerprint density at radius 3 is 2.60 bits per heavy atom. The van der Waals surface area contributed by atoms with Gasteiger partial charge in [-0.2, -0.15) is 4.98 Å². The Balaban J connectivity index is 1.32. The highest BCUT2D eigenvalue weighted by Gasteiger charge is 2.30. The van der Waals surface area contributed by atoms with Crippen molar-refractivity contribution >= 4 is 11.8 Å². The van der Waals surface area contributed by atoms with Crippen LogP contribution in [-0.4, -0.2) is 46.0 Å². The van der Waals surface area contributed by atoms with E-state index in [4.69, 9.17) is 8.94 Å². The summed E-state index contributed by atoms with van der Waals surface area (Å²) in [4.78, 5) is 30.9. The molecule has 1 saturated heterocycles. The van der Waals surface area contributed by atoms with Gasteiger partial charge in [-0.3, -0.25) is 9.59 Å². The number of carbonyl (C=O) groups excluding carboxylic acids is 2. The molecule has 1 N–H and O–H groups in total. The number of piperidine rings is 1. The molecule has 1 fully saturated rings. The molecule has 0 saturated carbocycles. The lowest BCUT2D eigenvalue weighted by atomic mass is 9.96. The van der Waals surface area contributed by atoms with E-state index in [2.05, 4.69) is 15.5 Å². The highest BCUT2D eigenvalue weighted by molar-refractivity contribution is 5.95. The van der Waals surface area contributed by atoms with E-state index in [1.165, 1.54) is 18.4 Å². The van der Waals surface area contributed by atoms with E-state index in [0.29, 0.717) is 43.2 Å². The topological polar surface area (TPSA) is 101 Å². The van der Waals surface area contributed by atoms with Crippen LogP contribution in [0.25, 0.3) is 11.4 Å². The molecule has 2 amide bonds. The highest BCUT2D eigenvalue weighted by atomic mass is 19.1. The fourth-order valence-electron chi connectivity index (χ4n) is 3.48. The number of carbonyl (C=O) groups is 2. The molecule has 156 valence electrons. The predicted octanol–water partition coefficient (Wildman–Crippen LogP) is 2.99. The number of hydrogen-bond acceptors (Lipinski definition) is 6. The zero-order valence-corrected chi connectivity index (χ0v) is 16.4. The molecule has 4 rings (SSSR count). The first-order valence-electron chi connectivity index (χ1n) is 9.74. The minimum absolute atomic E-state index is 0.0452. The van der Waals surface area contributed by atoms with Crippen molar-refractivity contribution in [2.45, 2.75) is 31.7 Å². The summed E-state index contributed by atoms with van der Waals surface area (Å²) in [5.74, 6) is 0.249. The Hall–Kier alpha value is -3.49. The minimum atomic E-state index is -0.660. The number of amides is 2. The standard InChI is InChI=1S/C21H21FN4O4/c1-13(23-19(27)17-3-2-12-29-17)21(28)26-10-8-15(9-11-26)20-24-18(25-30-20)14-4-6-16(22)7-5-14/h2-7,12-13,15H,8-11H2,1H3,(H,23,27). The van der Waals surface area contributed by atoms with Crippen LogP contribution in [0.15, 0.2) is 51.6 Å². The number of hydrogen-bond donors (Lipinski definition) is 1. The van der Waals surface area contributed by atoms with Gasteiger partial charge in [0.1, 0.15) is 11.9 Å². The molecular formula is C21H21FN4O4. The van der Waals surface area contributed by atoms with Gasteiger partial charge in [0.05, 0.1) is 6.26 Å². The van der Waals surface area contributed by atoms with Crippen molar-refractivity contribution in [2.75, 3.05) is 13.1 Å². The molecule has 30 heavy (non-hydrogen) atoms. The zero-order valence-electron chi connectivity index (χ0n) is 16.4. The fourth-order valence-corrected chi connectivity index (χ4v) is 3.48. The maximum atomic E-state index is 13.1. The van der Waals surface area contributed by atoms with Gasteiger partial charge >= 0.3 is 0 Å². The van der Waals surface area contributed by atoms with Gasteiger partial charge in [-0.1, -0.05) is 5.16 Å². The van der Waals surface area contributed by atoms with Gasteiger partial charge in [-0.25, -0.2) is 4.39 Å². The number of halogens is 1. The maximum Gasteiger partial charge on any atom is 0.287 e. The van der Waals surface area contributed by atoms with Gasteiger partial charge < -0.3 is 19.2 Å². The number of nitrogens with zero attached hydrogens (tertiary/aromatic N) is 3. The van der Waals surface area contributed by atoms with Crippen molar-refractivity contribution in [1.29, 1.82) is 0 Å². The van der Waals surface area contributed by atoms with Crippen molar-refractivity contribution in [2.24, 2.45) is 0 Å². The molecule has 1 unspecified atom stereocenters. The van der Waals surface area contributed by atoms with Crippen LogP contribution in [0, 0.1) is 5.82 Å². The third-order valence-corrected chi connectivity index (χ3v) is 5.16. The first-order valence-corrected chi connectivity index (χ1v) is 9.74. The summed E-state index contributed by atoms with van der Waals surface area (Å²) in [6, 6.07) is 8.40. The highest BCUT2D eigenvalue weighted by Crippen LogP contribution is 2.28. The average Bonchev–Trinajstić information content (AvgIpc) is 3.46. The maximum absolute atomic E-state index is 13.1. The molecule has 8 nitrogen and oxygen atoms in total. The summed E-state index contributed by atoms with van der Waals surface area (Å²) in [6.07, 6.45) is 2.76. The molecule has 3 aromatic rings. The molecule has 1 aliphatic rings. The van der Waals surface area contributed by atoms with Crippen LogP contribution in [0.3, 0.4) is 0 Å². The minimum Gasteiger partial charge on any atom is -0.459 e. The van der Waals surface area contributed by atoms with Crippen LogP contribution in [0.1, 0.15) is 42.1 Å². The Labute approximate surface area is 172 Å². The van der Waals surface area contributed by atoms with Gasteiger partial charge in [0.15, 0.2) is 5.76 Å². The first kappa shape index (κ1) is 19.8. The molecule has 2 aromatic heterocycles. The van der Waals surface area contributed by atoms with Crippen LogP contribution in [0.5, 0.6) is 0 Å². The summed E-state index contributed by atoms with van der Waals surface area (Å²) >= 11 is 0. The summed E-state index contributed by atoms with van der Waals surface area (Å²) in [6.45, 7) is 2.71. The number of nitrogens with one attached hydrogen (secondary N) is 1. The summed E-state index contributed by atoms with van der Waals surface area (Å²) in [5, 5.41) is 6.64. The third kappa shape index (κ3) is 4.24. The first-order chi connectivity index (χ1) is 14.5. The second-order valence-corrected chi connectivity index (χ2v) is 7.24. The number of benzene rings is 1. The Morgan fingerprint density at radius 2 is 1.93 bits per heavy atom. The van der Waals surface area contributed by atoms with Crippen molar-refractivity contribution in [1.82, 2.24) is 20.4 Å². The molecule has 1 aliphatic heterocycles. The van der Waals surface area contributed by atoms with Gasteiger partial charge in [-0.15, -0.1) is 0 Å². The number of rotatable bonds is 5. The number of aromatic nitrogens is 2. The lowest BCUT2D eigenvalue weighted by Crippen LogP contribution is -2.49. The fraction of sp³-hybridized carbons (Fsp3) is 0.333. The molecule has 0 spiro atoms. The van der Waals surface area contributed by atoms with Crippen molar-refractivity contribution < 1.29 is 22.9 Å². The van der Waals surface area contributed by atoms with E-state index >= 15 is 0 Å². The predicted molar refractivity (Wildman–Crippen MR) is 104 cm³/mol. The van der Waals surface area contributed by atoms with Gasteiger partial charge in [0, 0.05) is 24.6 Å². The van der Waals surface area contributed by atoms with E-state index in [1.54, 1.807) is 36.1 Å². The van der Waals surface area contributed by atoms with Crippen LogP contribution < -0.4 is 5.32 Å². The molecule has 3 heterocycles. The van der Waals surface area contributed by atoms with Crippen molar-refractivity contribution in [3.63, 3.8) is 0 Å². The van der Waals surface area contributed by atoms with Crippen molar-refractivity contribution in [3.05, 3.63) is 60.1 Å².